The molecule has 5 rings (SSSR count). The largest absolute Gasteiger partial charge is 0.469 e. The number of esters is 1. The Balaban J connectivity index is 1.73. The minimum Gasteiger partial charge on any atom is -0.469 e. The first-order chi connectivity index (χ1) is 11.8. The topological polar surface area (TPSA) is 66.8 Å². The summed E-state index contributed by atoms with van der Waals surface area (Å²) in [5, 5.41) is 21.0. The monoisotopic (exact) mass is 350 g/mol. The van der Waals surface area contributed by atoms with Crippen molar-refractivity contribution in [2.75, 3.05) is 13.7 Å². The van der Waals surface area contributed by atoms with Crippen LogP contribution in [0, 0.1) is 39.9 Å². The van der Waals surface area contributed by atoms with E-state index >= 15 is 0 Å². The van der Waals surface area contributed by atoms with Crippen LogP contribution in [0.15, 0.2) is 0 Å². The smallest absolute Gasteiger partial charge is 0.311 e. The van der Waals surface area contributed by atoms with Crippen LogP contribution in [-0.2, 0) is 9.53 Å². The first-order valence-electron chi connectivity index (χ1n) is 10.2. The lowest BCUT2D eigenvalue weighted by molar-refractivity contribution is -0.248. The molecule has 2 bridgehead atoms. The number of rotatable bonds is 2. The molecule has 1 spiro atoms. The van der Waals surface area contributed by atoms with Crippen LogP contribution in [0.5, 0.6) is 0 Å². The number of methoxy groups -OCH3 is 1. The Morgan fingerprint density at radius 3 is 2.52 bits per heavy atom. The standard InChI is InChI=1S/C21H34O4/c1-19-7-4-8-20(2,18(24)25-3)15(19)6-10-21-9-5-13(11-16(19)21)14(12-22)17(21)23/h13-17,22-23H,4-12H2,1-3H3/t13-,14+,15+,16+,17+,19-,20-,21+/m1/s1. The Hall–Kier alpha value is -0.610. The van der Waals surface area contributed by atoms with Gasteiger partial charge in [0.2, 0.25) is 0 Å². The molecule has 0 radical (unpaired) electrons. The van der Waals surface area contributed by atoms with Crippen LogP contribution in [0.1, 0.15) is 65.2 Å². The second kappa shape index (κ2) is 5.69. The predicted octanol–water partition coefficient (Wildman–Crippen LogP) is 3.15. The molecular formula is C21H34O4. The fraction of sp³-hybridized carbons (Fsp3) is 0.952. The van der Waals surface area contributed by atoms with E-state index in [0.717, 1.165) is 51.4 Å². The van der Waals surface area contributed by atoms with Gasteiger partial charge < -0.3 is 14.9 Å². The molecule has 142 valence electrons. The summed E-state index contributed by atoms with van der Waals surface area (Å²) in [6.45, 7) is 4.62. The Bertz CT molecular complexity index is 562. The fourth-order valence-electron chi connectivity index (χ4n) is 8.20. The van der Waals surface area contributed by atoms with E-state index in [1.165, 1.54) is 7.11 Å². The molecule has 0 saturated heterocycles. The number of aliphatic hydroxyl groups excluding tert-OH is 2. The zero-order valence-corrected chi connectivity index (χ0v) is 16.0. The SMILES string of the molecule is COC(=O)[C@]1(C)CCC[C@@]2(C)[C@@H]3C[C@H]4CC[C@@]3(CC[C@@H]21)[C@@H](O)[C@H]4CO. The van der Waals surface area contributed by atoms with Crippen molar-refractivity contribution in [1.82, 2.24) is 0 Å². The third-order valence-corrected chi connectivity index (χ3v) is 9.35. The van der Waals surface area contributed by atoms with Gasteiger partial charge >= 0.3 is 5.97 Å². The molecule has 4 heteroatoms. The number of ether oxygens (including phenoxy) is 1. The van der Waals surface area contributed by atoms with Gasteiger partial charge in [-0.15, -0.1) is 0 Å². The van der Waals surface area contributed by atoms with Crippen molar-refractivity contribution < 1.29 is 19.7 Å². The van der Waals surface area contributed by atoms with E-state index in [1.54, 1.807) is 0 Å². The maximum absolute atomic E-state index is 12.7. The van der Waals surface area contributed by atoms with Gasteiger partial charge in [0, 0.05) is 17.9 Å². The average molecular weight is 350 g/mol. The van der Waals surface area contributed by atoms with E-state index < -0.39 is 0 Å². The molecule has 0 heterocycles. The summed E-state index contributed by atoms with van der Waals surface area (Å²) in [4.78, 5) is 12.7. The van der Waals surface area contributed by atoms with Crippen LogP contribution in [0.2, 0.25) is 0 Å². The fourth-order valence-corrected chi connectivity index (χ4v) is 8.20. The Kier molecular flexibility index (Phi) is 4.05. The molecule has 5 aliphatic rings. The zero-order chi connectivity index (χ0) is 18.0. The van der Waals surface area contributed by atoms with E-state index in [-0.39, 0.29) is 40.8 Å². The third kappa shape index (κ3) is 2.10. The van der Waals surface area contributed by atoms with Gasteiger partial charge in [0.15, 0.2) is 0 Å². The van der Waals surface area contributed by atoms with Crippen molar-refractivity contribution in [2.24, 2.45) is 39.9 Å². The molecule has 4 nitrogen and oxygen atoms in total. The van der Waals surface area contributed by atoms with Crippen molar-refractivity contribution in [1.29, 1.82) is 0 Å². The molecule has 0 aromatic heterocycles. The van der Waals surface area contributed by atoms with Gasteiger partial charge in [0.25, 0.3) is 0 Å². The van der Waals surface area contributed by atoms with Crippen molar-refractivity contribution in [3.63, 3.8) is 0 Å². The predicted molar refractivity (Wildman–Crippen MR) is 94.7 cm³/mol. The third-order valence-electron chi connectivity index (χ3n) is 9.35. The van der Waals surface area contributed by atoms with Gasteiger partial charge in [-0.2, -0.15) is 0 Å². The summed E-state index contributed by atoms with van der Waals surface area (Å²) in [5.74, 6) is 1.26. The highest BCUT2D eigenvalue weighted by Gasteiger charge is 2.68. The molecule has 2 N–H and O–H groups in total. The second-order valence-electron chi connectivity index (χ2n) is 9.97. The molecule has 5 fully saturated rings. The molecule has 0 amide bonds. The van der Waals surface area contributed by atoms with E-state index in [9.17, 15) is 15.0 Å². The van der Waals surface area contributed by atoms with Gasteiger partial charge in [0.05, 0.1) is 18.6 Å². The van der Waals surface area contributed by atoms with Crippen molar-refractivity contribution in [3.05, 3.63) is 0 Å². The van der Waals surface area contributed by atoms with Crippen molar-refractivity contribution in [3.8, 4) is 0 Å². The van der Waals surface area contributed by atoms with Gasteiger partial charge in [-0.25, -0.2) is 0 Å². The molecule has 5 aliphatic carbocycles. The lowest BCUT2D eigenvalue weighted by Gasteiger charge is -2.69. The first kappa shape index (κ1) is 17.8. The Morgan fingerprint density at radius 2 is 1.84 bits per heavy atom. The van der Waals surface area contributed by atoms with Gasteiger partial charge in [-0.3, -0.25) is 4.79 Å². The van der Waals surface area contributed by atoms with E-state index in [0.29, 0.717) is 17.8 Å². The van der Waals surface area contributed by atoms with Crippen LogP contribution in [0.25, 0.3) is 0 Å². The average Bonchev–Trinajstić information content (AvgIpc) is 2.61. The van der Waals surface area contributed by atoms with Crippen LogP contribution in [-0.4, -0.2) is 36.0 Å². The van der Waals surface area contributed by atoms with Crippen LogP contribution < -0.4 is 0 Å². The molecule has 5 saturated carbocycles. The number of aliphatic hydroxyl groups is 2. The van der Waals surface area contributed by atoms with Crippen molar-refractivity contribution >= 4 is 5.97 Å². The number of carbonyl (C=O) groups excluding carboxylic acids is 1. The summed E-state index contributed by atoms with van der Waals surface area (Å²) < 4.78 is 5.22. The van der Waals surface area contributed by atoms with Gasteiger partial charge in [-0.1, -0.05) is 13.3 Å². The number of hydrogen-bond acceptors (Lipinski definition) is 4. The zero-order valence-electron chi connectivity index (χ0n) is 16.0. The Morgan fingerprint density at radius 1 is 1.12 bits per heavy atom. The van der Waals surface area contributed by atoms with Crippen LogP contribution >= 0.6 is 0 Å². The van der Waals surface area contributed by atoms with E-state index in [4.69, 9.17) is 4.74 Å². The maximum Gasteiger partial charge on any atom is 0.311 e. The lowest BCUT2D eigenvalue weighted by Crippen LogP contribution is -2.67. The van der Waals surface area contributed by atoms with E-state index in [2.05, 4.69) is 13.8 Å². The highest BCUT2D eigenvalue weighted by molar-refractivity contribution is 5.77. The second-order valence-corrected chi connectivity index (χ2v) is 9.97. The minimum absolute atomic E-state index is 0.0399. The number of carbonyl (C=O) groups is 1. The summed E-state index contributed by atoms with van der Waals surface area (Å²) >= 11 is 0. The summed E-state index contributed by atoms with van der Waals surface area (Å²) in [6, 6.07) is 0. The van der Waals surface area contributed by atoms with Crippen molar-refractivity contribution in [2.45, 2.75) is 71.3 Å². The molecule has 0 aliphatic heterocycles. The van der Waals surface area contributed by atoms with Gasteiger partial charge in [0.1, 0.15) is 0 Å². The van der Waals surface area contributed by atoms with E-state index in [1.807, 2.05) is 0 Å². The van der Waals surface area contributed by atoms with Crippen LogP contribution in [0.3, 0.4) is 0 Å². The molecule has 0 aromatic rings. The lowest BCUT2D eigenvalue weighted by atomic mass is 9.35. The highest BCUT2D eigenvalue weighted by atomic mass is 16.5. The van der Waals surface area contributed by atoms with Crippen LogP contribution in [0.4, 0.5) is 0 Å². The normalized spacial score (nSPS) is 54.5. The molecular weight excluding hydrogens is 316 g/mol. The molecule has 25 heavy (non-hydrogen) atoms. The maximum atomic E-state index is 12.7. The number of hydrogen-bond donors (Lipinski definition) is 2. The minimum atomic E-state index is -0.388. The molecule has 0 unspecified atom stereocenters. The van der Waals surface area contributed by atoms with Gasteiger partial charge in [-0.05, 0) is 75.0 Å². The number of fused-ring (bicyclic) bond motifs is 3. The quantitative estimate of drug-likeness (QED) is 0.751. The Labute approximate surface area is 151 Å². The molecule has 0 aromatic carbocycles. The summed E-state index contributed by atoms with van der Waals surface area (Å²) in [5.41, 5.74) is -0.331. The molecule has 8 atom stereocenters. The summed E-state index contributed by atoms with van der Waals surface area (Å²) in [7, 11) is 1.52. The first-order valence-corrected chi connectivity index (χ1v) is 10.2. The highest BCUT2D eigenvalue weighted by Crippen LogP contribution is 2.72. The summed E-state index contributed by atoms with van der Waals surface area (Å²) in [6.07, 6.45) is 8.12.